The second kappa shape index (κ2) is 4.26. The van der Waals surface area contributed by atoms with Gasteiger partial charge in [-0.1, -0.05) is 11.6 Å². The van der Waals surface area contributed by atoms with E-state index in [9.17, 15) is 0 Å². The summed E-state index contributed by atoms with van der Waals surface area (Å²) in [5, 5.41) is 3.84. The van der Waals surface area contributed by atoms with E-state index in [1.807, 2.05) is 30.5 Å². The van der Waals surface area contributed by atoms with Gasteiger partial charge in [0.2, 0.25) is 5.78 Å². The molecule has 0 radical (unpaired) electrons. The Balaban J connectivity index is 2.40. The molecule has 0 aliphatic heterocycles. The first-order valence-corrected chi connectivity index (χ1v) is 6.78. The highest BCUT2D eigenvalue weighted by atomic mass is 79.9. The maximum absolute atomic E-state index is 6.12. The predicted molar refractivity (Wildman–Crippen MR) is 77.3 cm³/mol. The van der Waals surface area contributed by atoms with Crippen LogP contribution in [0.5, 0.6) is 0 Å². The third-order valence-corrected chi connectivity index (χ3v) is 4.03. The number of nitrogens with zero attached hydrogens (tertiary/aromatic N) is 2. The van der Waals surface area contributed by atoms with Gasteiger partial charge in [-0.3, -0.25) is 4.40 Å². The highest BCUT2D eigenvalue weighted by Crippen LogP contribution is 2.28. The number of H-pyrrole nitrogens is 1. The molecule has 6 heteroatoms. The van der Waals surface area contributed by atoms with E-state index in [0.29, 0.717) is 0 Å². The van der Waals surface area contributed by atoms with Crippen molar-refractivity contribution >= 4 is 44.3 Å². The van der Waals surface area contributed by atoms with Gasteiger partial charge in [0.15, 0.2) is 0 Å². The topological polar surface area (TPSA) is 45.1 Å². The molecule has 0 aliphatic carbocycles. The molecule has 94 valence electrons. The number of aromatic amines is 1. The number of nitrogens with one attached hydrogen (secondary N) is 2. The highest BCUT2D eigenvalue weighted by molar-refractivity contribution is 9.10. The molecule has 18 heavy (non-hydrogen) atoms. The van der Waals surface area contributed by atoms with Crippen molar-refractivity contribution in [1.82, 2.24) is 19.7 Å². The zero-order valence-electron chi connectivity index (χ0n) is 10.0. The van der Waals surface area contributed by atoms with E-state index in [1.165, 1.54) is 0 Å². The number of hydrogen-bond donors (Lipinski definition) is 2. The maximum atomic E-state index is 6.12. The predicted octanol–water partition coefficient (Wildman–Crippen LogP) is 3.26. The molecule has 2 N–H and O–H groups in total. The van der Waals surface area contributed by atoms with Crippen LogP contribution in [0.4, 0.5) is 0 Å². The van der Waals surface area contributed by atoms with Gasteiger partial charge < -0.3 is 10.3 Å². The van der Waals surface area contributed by atoms with E-state index in [0.717, 1.165) is 44.2 Å². The first-order valence-electron chi connectivity index (χ1n) is 5.61. The zero-order chi connectivity index (χ0) is 12.9. The molecule has 0 saturated carbocycles. The first-order chi connectivity index (χ1) is 8.61. The smallest absolute Gasteiger partial charge is 0.213 e. The molecular formula is C12H12BrClN4. The Hall–Kier alpha value is -1.04. The monoisotopic (exact) mass is 326 g/mol. The minimum Gasteiger partial charge on any atom is -0.325 e. The Morgan fingerprint density at radius 2 is 2.28 bits per heavy atom. The molecule has 0 aliphatic rings. The first kappa shape index (κ1) is 12.0. The average molecular weight is 328 g/mol. The second-order valence-corrected chi connectivity index (χ2v) is 5.47. The van der Waals surface area contributed by atoms with Gasteiger partial charge in [-0.25, -0.2) is 4.98 Å². The molecule has 0 spiro atoms. The van der Waals surface area contributed by atoms with Crippen LogP contribution in [0.3, 0.4) is 0 Å². The lowest BCUT2D eigenvalue weighted by Crippen LogP contribution is -2.05. The molecule has 2 heterocycles. The fourth-order valence-corrected chi connectivity index (χ4v) is 3.07. The quantitative estimate of drug-likeness (QED) is 0.759. The summed E-state index contributed by atoms with van der Waals surface area (Å²) in [6.45, 7) is 2.77. The van der Waals surface area contributed by atoms with Crippen LogP contribution in [0.2, 0.25) is 5.02 Å². The lowest BCUT2D eigenvalue weighted by atomic mass is 10.2. The van der Waals surface area contributed by atoms with Crippen molar-refractivity contribution in [3.8, 4) is 0 Å². The molecule has 0 fully saturated rings. The van der Waals surface area contributed by atoms with Crippen LogP contribution >= 0.6 is 27.5 Å². The van der Waals surface area contributed by atoms with Crippen molar-refractivity contribution < 1.29 is 0 Å². The summed E-state index contributed by atoms with van der Waals surface area (Å²) < 4.78 is 3.02. The molecule has 0 saturated heterocycles. The fraction of sp³-hybridized carbons (Fsp3) is 0.250. The van der Waals surface area contributed by atoms with Crippen LogP contribution in [0.1, 0.15) is 11.3 Å². The molecule has 1 aromatic carbocycles. The van der Waals surface area contributed by atoms with E-state index >= 15 is 0 Å². The van der Waals surface area contributed by atoms with Crippen LogP contribution in [0.25, 0.3) is 16.8 Å². The van der Waals surface area contributed by atoms with Gasteiger partial charge in [0.05, 0.1) is 16.7 Å². The SMILES string of the molecule is CNCc1[nH]c2nc3c(C)cc(Cl)cc3n2c1Br. The molecule has 4 nitrogen and oxygen atoms in total. The van der Waals surface area contributed by atoms with Gasteiger partial charge in [0, 0.05) is 11.6 Å². The summed E-state index contributed by atoms with van der Waals surface area (Å²) in [6.07, 6.45) is 0. The molecule has 0 unspecified atom stereocenters. The number of rotatable bonds is 2. The number of aryl methyl sites for hydroxylation is 1. The molecule has 2 aromatic heterocycles. The van der Waals surface area contributed by atoms with Crippen molar-refractivity contribution in [3.63, 3.8) is 0 Å². The number of aromatic nitrogens is 3. The Labute approximate surface area is 117 Å². The average Bonchev–Trinajstić information content (AvgIpc) is 2.79. The maximum Gasteiger partial charge on any atom is 0.213 e. The van der Waals surface area contributed by atoms with E-state index in [2.05, 4.69) is 31.2 Å². The summed E-state index contributed by atoms with van der Waals surface area (Å²) >= 11 is 9.73. The van der Waals surface area contributed by atoms with Crippen molar-refractivity contribution in [2.75, 3.05) is 7.05 Å². The lowest BCUT2D eigenvalue weighted by molar-refractivity contribution is 0.793. The third kappa shape index (κ3) is 1.66. The second-order valence-electron chi connectivity index (χ2n) is 4.29. The molecule has 0 amide bonds. The Kier molecular flexibility index (Phi) is 2.84. The van der Waals surface area contributed by atoms with E-state index < -0.39 is 0 Å². The summed E-state index contributed by atoms with van der Waals surface area (Å²) in [5.74, 6) is 0.826. The van der Waals surface area contributed by atoms with Crippen LogP contribution < -0.4 is 5.32 Å². The highest BCUT2D eigenvalue weighted by Gasteiger charge is 2.15. The number of imidazole rings is 2. The van der Waals surface area contributed by atoms with Crippen molar-refractivity contribution in [2.24, 2.45) is 0 Å². The fourth-order valence-electron chi connectivity index (χ4n) is 2.20. The standard InChI is InChI=1S/C12H12BrClN4/c1-6-3-7(14)4-9-10(6)17-12-16-8(5-15-2)11(13)18(9)12/h3-4,15H,5H2,1-2H3,(H,16,17). The normalized spacial score (nSPS) is 11.8. The summed E-state index contributed by atoms with van der Waals surface area (Å²) in [5.41, 5.74) is 4.14. The summed E-state index contributed by atoms with van der Waals surface area (Å²) in [7, 11) is 1.91. The number of hydrogen-bond acceptors (Lipinski definition) is 2. The van der Waals surface area contributed by atoms with Crippen molar-refractivity contribution in [3.05, 3.63) is 33.0 Å². The minimum atomic E-state index is 0.727. The van der Waals surface area contributed by atoms with Crippen molar-refractivity contribution in [2.45, 2.75) is 13.5 Å². The summed E-state index contributed by atoms with van der Waals surface area (Å²) in [4.78, 5) is 7.91. The number of fused-ring (bicyclic) bond motifs is 3. The molecular weight excluding hydrogens is 316 g/mol. The van der Waals surface area contributed by atoms with E-state index in [4.69, 9.17) is 11.6 Å². The Bertz CT molecular complexity index is 744. The number of benzene rings is 1. The van der Waals surface area contributed by atoms with Gasteiger partial charge in [0.1, 0.15) is 4.60 Å². The van der Waals surface area contributed by atoms with Crippen LogP contribution in [0.15, 0.2) is 16.7 Å². The Morgan fingerprint density at radius 3 is 3.00 bits per heavy atom. The van der Waals surface area contributed by atoms with E-state index in [-0.39, 0.29) is 0 Å². The van der Waals surface area contributed by atoms with Gasteiger partial charge in [-0.05, 0) is 47.6 Å². The van der Waals surface area contributed by atoms with Crippen molar-refractivity contribution in [1.29, 1.82) is 0 Å². The largest absolute Gasteiger partial charge is 0.325 e. The minimum absolute atomic E-state index is 0.727. The molecule has 0 atom stereocenters. The summed E-state index contributed by atoms with van der Waals surface area (Å²) in [6, 6.07) is 3.87. The molecule has 3 rings (SSSR count). The van der Waals surface area contributed by atoms with Gasteiger partial charge in [-0.2, -0.15) is 0 Å². The third-order valence-electron chi connectivity index (χ3n) is 2.98. The number of halogens is 2. The van der Waals surface area contributed by atoms with Crippen LogP contribution in [0, 0.1) is 6.92 Å². The lowest BCUT2D eigenvalue weighted by Gasteiger charge is -2.00. The molecule has 3 aromatic rings. The van der Waals surface area contributed by atoms with Crippen LogP contribution in [-0.2, 0) is 6.54 Å². The van der Waals surface area contributed by atoms with Gasteiger partial charge in [0.25, 0.3) is 0 Å². The van der Waals surface area contributed by atoms with Crippen LogP contribution in [-0.4, -0.2) is 21.4 Å². The Morgan fingerprint density at radius 1 is 1.50 bits per heavy atom. The molecule has 0 bridgehead atoms. The van der Waals surface area contributed by atoms with Gasteiger partial charge in [-0.15, -0.1) is 0 Å². The zero-order valence-corrected chi connectivity index (χ0v) is 12.4. The van der Waals surface area contributed by atoms with Gasteiger partial charge >= 0.3 is 0 Å². The van der Waals surface area contributed by atoms with E-state index in [1.54, 1.807) is 0 Å².